The molecule has 1 aliphatic heterocycles. The number of anilines is 1. The molecule has 0 saturated carbocycles. The number of hydrogen-bond acceptors (Lipinski definition) is 2. The predicted molar refractivity (Wildman–Crippen MR) is 80.6 cm³/mol. The normalized spacial score (nSPS) is 17.9. The van der Waals surface area contributed by atoms with Crippen molar-refractivity contribution in [3.8, 4) is 0 Å². The maximum atomic E-state index is 13.9. The Balaban J connectivity index is 1.91. The Kier molecular flexibility index (Phi) is 3.64. The van der Waals surface area contributed by atoms with Crippen LogP contribution >= 0.6 is 11.6 Å². The molecule has 20 heavy (non-hydrogen) atoms. The van der Waals surface area contributed by atoms with Crippen molar-refractivity contribution in [1.29, 1.82) is 0 Å². The molecule has 4 heteroatoms. The van der Waals surface area contributed by atoms with Gasteiger partial charge in [0.25, 0.3) is 0 Å². The van der Waals surface area contributed by atoms with E-state index >= 15 is 0 Å². The van der Waals surface area contributed by atoms with Gasteiger partial charge in [-0.3, -0.25) is 0 Å². The SMILES string of the molecule is NC1Cc2ccccc2N(Cc2ccc(Cl)cc2F)C1. The highest BCUT2D eigenvalue weighted by molar-refractivity contribution is 6.30. The second-order valence-electron chi connectivity index (χ2n) is 5.21. The molecule has 2 aromatic carbocycles. The van der Waals surface area contributed by atoms with Crippen molar-refractivity contribution < 1.29 is 4.39 Å². The third-order valence-electron chi connectivity index (χ3n) is 3.65. The largest absolute Gasteiger partial charge is 0.365 e. The Morgan fingerprint density at radius 1 is 1.25 bits per heavy atom. The summed E-state index contributed by atoms with van der Waals surface area (Å²) in [7, 11) is 0. The van der Waals surface area contributed by atoms with Crippen molar-refractivity contribution in [2.45, 2.75) is 19.0 Å². The van der Waals surface area contributed by atoms with E-state index in [1.807, 2.05) is 12.1 Å². The monoisotopic (exact) mass is 290 g/mol. The van der Waals surface area contributed by atoms with Crippen molar-refractivity contribution in [2.75, 3.05) is 11.4 Å². The highest BCUT2D eigenvalue weighted by Gasteiger charge is 2.22. The predicted octanol–water partition coefficient (Wildman–Crippen LogP) is 3.37. The highest BCUT2D eigenvalue weighted by Crippen LogP contribution is 2.28. The quantitative estimate of drug-likeness (QED) is 0.919. The minimum atomic E-state index is -0.269. The van der Waals surface area contributed by atoms with Gasteiger partial charge in [-0.2, -0.15) is 0 Å². The molecule has 1 atom stereocenters. The van der Waals surface area contributed by atoms with Gasteiger partial charge < -0.3 is 10.6 Å². The molecule has 2 N–H and O–H groups in total. The summed E-state index contributed by atoms with van der Waals surface area (Å²) in [6.45, 7) is 1.24. The van der Waals surface area contributed by atoms with Crippen LogP contribution in [0.4, 0.5) is 10.1 Å². The number of para-hydroxylation sites is 1. The van der Waals surface area contributed by atoms with Crippen LogP contribution in [-0.2, 0) is 13.0 Å². The summed E-state index contributed by atoms with van der Waals surface area (Å²) in [4.78, 5) is 2.13. The van der Waals surface area contributed by atoms with Crippen molar-refractivity contribution in [1.82, 2.24) is 0 Å². The molecular formula is C16H16ClFN2. The van der Waals surface area contributed by atoms with Gasteiger partial charge in [0.15, 0.2) is 0 Å². The minimum absolute atomic E-state index is 0.0836. The molecule has 104 valence electrons. The average Bonchev–Trinajstić information content (AvgIpc) is 2.41. The fourth-order valence-electron chi connectivity index (χ4n) is 2.73. The van der Waals surface area contributed by atoms with E-state index < -0.39 is 0 Å². The number of nitrogens with two attached hydrogens (primary N) is 1. The molecule has 1 heterocycles. The van der Waals surface area contributed by atoms with Gasteiger partial charge in [0, 0.05) is 35.4 Å². The van der Waals surface area contributed by atoms with Crippen molar-refractivity contribution in [3.05, 3.63) is 64.4 Å². The molecule has 0 amide bonds. The number of fused-ring (bicyclic) bond motifs is 1. The van der Waals surface area contributed by atoms with E-state index in [4.69, 9.17) is 17.3 Å². The van der Waals surface area contributed by atoms with Crippen LogP contribution in [0.15, 0.2) is 42.5 Å². The number of halogens is 2. The molecule has 0 bridgehead atoms. The van der Waals surface area contributed by atoms with Crippen LogP contribution in [0.25, 0.3) is 0 Å². The Morgan fingerprint density at radius 2 is 2.05 bits per heavy atom. The van der Waals surface area contributed by atoms with Crippen LogP contribution in [-0.4, -0.2) is 12.6 Å². The summed E-state index contributed by atoms with van der Waals surface area (Å²) < 4.78 is 13.9. The zero-order valence-electron chi connectivity index (χ0n) is 11.0. The van der Waals surface area contributed by atoms with E-state index in [2.05, 4.69) is 17.0 Å². The highest BCUT2D eigenvalue weighted by atomic mass is 35.5. The lowest BCUT2D eigenvalue weighted by atomic mass is 9.98. The van der Waals surface area contributed by atoms with Crippen LogP contribution in [0.1, 0.15) is 11.1 Å². The second-order valence-corrected chi connectivity index (χ2v) is 5.65. The molecule has 2 nitrogen and oxygen atoms in total. The summed E-state index contributed by atoms with van der Waals surface area (Å²) >= 11 is 5.79. The van der Waals surface area contributed by atoms with Gasteiger partial charge in [-0.1, -0.05) is 35.9 Å². The van der Waals surface area contributed by atoms with E-state index in [9.17, 15) is 4.39 Å². The van der Waals surface area contributed by atoms with Crippen LogP contribution in [0.2, 0.25) is 5.02 Å². The van der Waals surface area contributed by atoms with E-state index in [0.29, 0.717) is 17.1 Å². The zero-order chi connectivity index (χ0) is 14.1. The summed E-state index contributed by atoms with van der Waals surface area (Å²) in [5, 5.41) is 0.419. The Bertz CT molecular complexity index is 630. The lowest BCUT2D eigenvalue weighted by Crippen LogP contribution is -2.43. The van der Waals surface area contributed by atoms with Gasteiger partial charge in [-0.25, -0.2) is 4.39 Å². The first-order valence-electron chi connectivity index (χ1n) is 6.66. The lowest BCUT2D eigenvalue weighted by Gasteiger charge is -2.34. The molecule has 3 rings (SSSR count). The maximum absolute atomic E-state index is 13.9. The molecule has 0 saturated heterocycles. The van der Waals surface area contributed by atoms with Crippen LogP contribution in [0, 0.1) is 5.82 Å². The van der Waals surface area contributed by atoms with Gasteiger partial charge in [0.1, 0.15) is 5.82 Å². The average molecular weight is 291 g/mol. The second kappa shape index (κ2) is 5.43. The zero-order valence-corrected chi connectivity index (χ0v) is 11.8. The molecular weight excluding hydrogens is 275 g/mol. The Morgan fingerprint density at radius 3 is 2.85 bits per heavy atom. The number of benzene rings is 2. The summed E-state index contributed by atoms with van der Waals surface area (Å²) in [6.07, 6.45) is 0.871. The molecule has 0 aliphatic carbocycles. The van der Waals surface area contributed by atoms with Gasteiger partial charge in [0.05, 0.1) is 0 Å². The van der Waals surface area contributed by atoms with Gasteiger partial charge in [-0.15, -0.1) is 0 Å². The van der Waals surface area contributed by atoms with Gasteiger partial charge >= 0.3 is 0 Å². The van der Waals surface area contributed by atoms with Crippen LogP contribution < -0.4 is 10.6 Å². The molecule has 1 aliphatic rings. The molecule has 0 spiro atoms. The van der Waals surface area contributed by atoms with Gasteiger partial charge in [0.2, 0.25) is 0 Å². The third kappa shape index (κ3) is 2.65. The van der Waals surface area contributed by atoms with E-state index in [1.54, 1.807) is 12.1 Å². The third-order valence-corrected chi connectivity index (χ3v) is 3.88. The number of rotatable bonds is 2. The van der Waals surface area contributed by atoms with E-state index in [0.717, 1.165) is 18.7 Å². The first kappa shape index (κ1) is 13.4. The summed E-state index contributed by atoms with van der Waals surface area (Å²) in [5.41, 5.74) is 9.10. The fraction of sp³-hybridized carbons (Fsp3) is 0.250. The number of nitrogens with zero attached hydrogens (tertiary/aromatic N) is 1. The first-order chi connectivity index (χ1) is 9.63. The van der Waals surface area contributed by atoms with Crippen LogP contribution in [0.5, 0.6) is 0 Å². The van der Waals surface area contributed by atoms with Crippen molar-refractivity contribution in [3.63, 3.8) is 0 Å². The minimum Gasteiger partial charge on any atom is -0.365 e. The van der Waals surface area contributed by atoms with E-state index in [1.165, 1.54) is 11.6 Å². The Hall–Kier alpha value is -1.58. The van der Waals surface area contributed by atoms with Crippen molar-refractivity contribution in [2.24, 2.45) is 5.73 Å². The Labute approximate surface area is 123 Å². The molecule has 1 unspecified atom stereocenters. The van der Waals surface area contributed by atoms with Crippen molar-refractivity contribution >= 4 is 17.3 Å². The topological polar surface area (TPSA) is 29.3 Å². The smallest absolute Gasteiger partial charge is 0.129 e. The molecule has 0 aromatic heterocycles. The molecule has 0 fully saturated rings. The maximum Gasteiger partial charge on any atom is 0.129 e. The summed E-state index contributed by atoms with van der Waals surface area (Å²) in [6, 6.07) is 13.1. The first-order valence-corrected chi connectivity index (χ1v) is 7.03. The number of hydrogen-bond donors (Lipinski definition) is 1. The molecule has 0 radical (unpaired) electrons. The van der Waals surface area contributed by atoms with E-state index in [-0.39, 0.29) is 11.9 Å². The van der Waals surface area contributed by atoms with Gasteiger partial charge in [-0.05, 0) is 30.2 Å². The summed E-state index contributed by atoms with van der Waals surface area (Å²) in [5.74, 6) is -0.269. The van der Waals surface area contributed by atoms with Crippen LogP contribution in [0.3, 0.4) is 0 Å². The lowest BCUT2D eigenvalue weighted by molar-refractivity contribution is 0.573. The standard InChI is InChI=1S/C16H16ClFN2/c17-13-6-5-12(15(18)8-13)9-20-10-14(19)7-11-3-1-2-4-16(11)20/h1-6,8,14H,7,9-10,19H2. The molecule has 2 aromatic rings. The fourth-order valence-corrected chi connectivity index (χ4v) is 2.88.